The summed E-state index contributed by atoms with van der Waals surface area (Å²) < 4.78 is 6.90. The molecule has 0 aliphatic carbocycles. The van der Waals surface area contributed by atoms with Crippen LogP contribution in [0.2, 0.25) is 0 Å². The van der Waals surface area contributed by atoms with E-state index in [1.54, 1.807) is 0 Å². The summed E-state index contributed by atoms with van der Waals surface area (Å²) in [6.45, 7) is -0.409. The number of aliphatic hydroxyl groups excluding tert-OH is 3. The highest BCUT2D eigenvalue weighted by Crippen LogP contribution is 2.32. The van der Waals surface area contributed by atoms with Crippen molar-refractivity contribution in [2.75, 3.05) is 6.61 Å². The van der Waals surface area contributed by atoms with E-state index in [4.69, 9.17) is 15.1 Å². The lowest BCUT2D eigenvalue weighted by Crippen LogP contribution is -2.33. The minimum Gasteiger partial charge on any atom is -0.394 e. The second kappa shape index (κ2) is 4.81. The molecule has 3 N–H and O–H groups in total. The fraction of sp³-hybridized carbons (Fsp3) is 0.417. The lowest BCUT2D eigenvalue weighted by Gasteiger charge is -2.16. The van der Waals surface area contributed by atoms with E-state index in [1.807, 2.05) is 6.07 Å². The number of aliphatic hydroxyl groups is 3. The molecule has 1 saturated heterocycles. The first-order chi connectivity index (χ1) is 9.67. The van der Waals surface area contributed by atoms with Gasteiger partial charge in [-0.05, 0) is 0 Å². The zero-order chi connectivity index (χ0) is 14.3. The molecule has 0 aromatic carbocycles. The molecule has 104 valence electrons. The Kier molecular flexibility index (Phi) is 3.11. The predicted molar refractivity (Wildman–Crippen MR) is 65.3 cm³/mol. The maximum atomic E-state index is 10.0. The van der Waals surface area contributed by atoms with E-state index in [-0.39, 0.29) is 0 Å². The van der Waals surface area contributed by atoms with E-state index in [1.165, 1.54) is 23.3 Å². The number of hydrogen-bond donors (Lipinski definition) is 3. The summed E-state index contributed by atoms with van der Waals surface area (Å²) in [6.07, 6.45) is 0.0974. The lowest BCUT2D eigenvalue weighted by atomic mass is 10.1. The molecule has 3 rings (SSSR count). The van der Waals surface area contributed by atoms with Gasteiger partial charge in [0.25, 0.3) is 0 Å². The van der Waals surface area contributed by atoms with Crippen LogP contribution in [0.3, 0.4) is 0 Å². The fourth-order valence-electron chi connectivity index (χ4n) is 2.38. The number of fused-ring (bicyclic) bond motifs is 1. The van der Waals surface area contributed by atoms with Gasteiger partial charge in [0.05, 0.1) is 17.6 Å². The van der Waals surface area contributed by atoms with E-state index in [0.29, 0.717) is 16.6 Å². The average Bonchev–Trinajstić information content (AvgIpc) is 2.98. The molecular formula is C12H12N4O4. The molecule has 2 aromatic rings. The Morgan fingerprint density at radius 3 is 2.85 bits per heavy atom. The number of hydrogen-bond acceptors (Lipinski definition) is 7. The van der Waals surface area contributed by atoms with Gasteiger partial charge in [-0.15, -0.1) is 0 Å². The van der Waals surface area contributed by atoms with Crippen LogP contribution in [0.25, 0.3) is 11.0 Å². The molecule has 8 heteroatoms. The van der Waals surface area contributed by atoms with Gasteiger partial charge < -0.3 is 24.6 Å². The molecule has 0 spiro atoms. The highest BCUT2D eigenvalue weighted by molar-refractivity contribution is 5.82. The Balaban J connectivity index is 2.10. The van der Waals surface area contributed by atoms with Crippen LogP contribution in [0.1, 0.15) is 11.8 Å². The summed E-state index contributed by atoms with van der Waals surface area (Å²) in [5.74, 6) is 0. The molecule has 20 heavy (non-hydrogen) atoms. The molecular weight excluding hydrogens is 264 g/mol. The molecule has 2 aromatic heterocycles. The summed E-state index contributed by atoms with van der Waals surface area (Å²) in [4.78, 5) is 7.93. The summed E-state index contributed by atoms with van der Waals surface area (Å²) in [5, 5.41) is 38.5. The van der Waals surface area contributed by atoms with E-state index in [9.17, 15) is 10.2 Å². The van der Waals surface area contributed by atoms with E-state index in [2.05, 4.69) is 9.97 Å². The van der Waals surface area contributed by atoms with Gasteiger partial charge in [-0.2, -0.15) is 5.26 Å². The van der Waals surface area contributed by atoms with E-state index >= 15 is 0 Å². The van der Waals surface area contributed by atoms with Crippen molar-refractivity contribution in [3.05, 3.63) is 24.3 Å². The molecule has 0 unspecified atom stereocenters. The van der Waals surface area contributed by atoms with Crippen LogP contribution < -0.4 is 0 Å². The Hall–Kier alpha value is -2.05. The zero-order valence-electron chi connectivity index (χ0n) is 10.3. The molecule has 1 aliphatic rings. The number of ether oxygens (including phenoxy) is 1. The number of rotatable bonds is 2. The van der Waals surface area contributed by atoms with Gasteiger partial charge in [-0.3, -0.25) is 0 Å². The zero-order valence-corrected chi connectivity index (χ0v) is 10.3. The lowest BCUT2D eigenvalue weighted by molar-refractivity contribution is -0.0508. The van der Waals surface area contributed by atoms with Crippen molar-refractivity contribution in [3.63, 3.8) is 0 Å². The summed E-state index contributed by atoms with van der Waals surface area (Å²) in [5.41, 5.74) is 0.768. The Morgan fingerprint density at radius 2 is 2.20 bits per heavy atom. The van der Waals surface area contributed by atoms with Gasteiger partial charge in [0.1, 0.15) is 36.4 Å². The molecule has 1 aliphatic heterocycles. The first kappa shape index (κ1) is 13.0. The van der Waals surface area contributed by atoms with Crippen LogP contribution in [0.15, 0.2) is 18.7 Å². The minimum atomic E-state index is -1.22. The third kappa shape index (κ3) is 1.76. The first-order valence-corrected chi connectivity index (χ1v) is 6.00. The van der Waals surface area contributed by atoms with Crippen LogP contribution in [0, 0.1) is 11.3 Å². The van der Waals surface area contributed by atoms with Crippen molar-refractivity contribution in [3.8, 4) is 6.07 Å². The Labute approximate surface area is 113 Å². The first-order valence-electron chi connectivity index (χ1n) is 6.00. The third-order valence-electron chi connectivity index (χ3n) is 3.41. The molecule has 0 bridgehead atoms. The highest BCUT2D eigenvalue weighted by Gasteiger charge is 2.43. The Morgan fingerprint density at radius 1 is 1.40 bits per heavy atom. The summed E-state index contributed by atoms with van der Waals surface area (Å²) >= 11 is 0. The van der Waals surface area contributed by atoms with Crippen molar-refractivity contribution in [2.24, 2.45) is 0 Å². The molecule has 4 atom stereocenters. The van der Waals surface area contributed by atoms with Crippen molar-refractivity contribution in [1.82, 2.24) is 14.5 Å². The molecule has 8 nitrogen and oxygen atoms in total. The van der Waals surface area contributed by atoms with Crippen LogP contribution >= 0.6 is 0 Å². The van der Waals surface area contributed by atoms with Crippen molar-refractivity contribution < 1.29 is 20.1 Å². The van der Waals surface area contributed by atoms with Gasteiger partial charge in [0.15, 0.2) is 6.23 Å². The highest BCUT2D eigenvalue weighted by atomic mass is 16.6. The van der Waals surface area contributed by atoms with Crippen LogP contribution in [-0.4, -0.2) is 54.8 Å². The predicted octanol–water partition coefficient (Wildman–Crippen LogP) is -1.09. The fourth-order valence-corrected chi connectivity index (χ4v) is 2.38. The average molecular weight is 276 g/mol. The van der Waals surface area contributed by atoms with Crippen LogP contribution in [0.4, 0.5) is 0 Å². The summed E-state index contributed by atoms with van der Waals surface area (Å²) in [6, 6.07) is 2.02. The van der Waals surface area contributed by atoms with Crippen LogP contribution in [0.5, 0.6) is 0 Å². The molecule has 0 amide bonds. The van der Waals surface area contributed by atoms with E-state index < -0.39 is 31.1 Å². The number of nitriles is 1. The summed E-state index contributed by atoms with van der Waals surface area (Å²) in [7, 11) is 0. The smallest absolute Gasteiger partial charge is 0.164 e. The molecule has 1 fully saturated rings. The quantitative estimate of drug-likeness (QED) is 0.636. The second-order valence-corrected chi connectivity index (χ2v) is 4.55. The van der Waals surface area contributed by atoms with Gasteiger partial charge in [-0.25, -0.2) is 9.97 Å². The largest absolute Gasteiger partial charge is 0.394 e. The van der Waals surface area contributed by atoms with Crippen molar-refractivity contribution in [2.45, 2.75) is 24.5 Å². The third-order valence-corrected chi connectivity index (χ3v) is 3.41. The molecule has 0 saturated carbocycles. The van der Waals surface area contributed by atoms with Gasteiger partial charge >= 0.3 is 0 Å². The molecule has 0 radical (unpaired) electrons. The van der Waals surface area contributed by atoms with Gasteiger partial charge in [-0.1, -0.05) is 0 Å². The van der Waals surface area contributed by atoms with Gasteiger partial charge in [0.2, 0.25) is 0 Å². The molecule has 3 heterocycles. The maximum absolute atomic E-state index is 10.0. The Bertz CT molecular complexity index is 680. The normalized spacial score (nSPS) is 29.7. The number of nitrogens with zero attached hydrogens (tertiary/aromatic N) is 4. The monoisotopic (exact) mass is 276 g/mol. The van der Waals surface area contributed by atoms with Crippen molar-refractivity contribution in [1.29, 1.82) is 5.26 Å². The topological polar surface area (TPSA) is 124 Å². The maximum Gasteiger partial charge on any atom is 0.164 e. The second-order valence-electron chi connectivity index (χ2n) is 4.55. The van der Waals surface area contributed by atoms with Gasteiger partial charge in [0, 0.05) is 12.4 Å². The van der Waals surface area contributed by atoms with E-state index in [0.717, 1.165) is 0 Å². The minimum absolute atomic E-state index is 0.346. The SMILES string of the molecule is N#Cc1cn([C@@H]2O[C@H](CO)[C@@H](O)[C@H]2O)c2ncncc12. The number of aromatic nitrogens is 3. The standard InChI is InChI=1S/C12H12N4O4/c13-1-6-3-16(11-7(6)2-14-5-15-11)12-10(19)9(18)8(4-17)20-12/h2-3,5,8-10,12,17-19H,4H2/t8-,9-,10-,12-/m1/s1. The van der Waals surface area contributed by atoms with Crippen molar-refractivity contribution >= 4 is 11.0 Å². The van der Waals surface area contributed by atoms with Crippen LogP contribution in [-0.2, 0) is 4.74 Å².